The molecule has 1 atom stereocenters. The molecule has 0 spiro atoms. The van der Waals surface area contributed by atoms with Crippen molar-refractivity contribution in [1.82, 2.24) is 14.3 Å². The Bertz CT molecular complexity index is 1330. The van der Waals surface area contributed by atoms with Gasteiger partial charge in [0, 0.05) is 37.1 Å². The molecule has 0 saturated heterocycles. The summed E-state index contributed by atoms with van der Waals surface area (Å²) in [5, 5.41) is 11.1. The fourth-order valence-corrected chi connectivity index (χ4v) is 3.60. The molecule has 4 aromatic rings. The number of ether oxygens (including phenoxy) is 1. The number of aromatic nitrogens is 2. The van der Waals surface area contributed by atoms with Crippen LogP contribution in [0.3, 0.4) is 0 Å². The number of non-ortho nitro benzene ring substituents is 1. The lowest BCUT2D eigenvalue weighted by atomic mass is 10.1. The first-order chi connectivity index (χ1) is 15.8. The van der Waals surface area contributed by atoms with Crippen molar-refractivity contribution in [3.63, 3.8) is 0 Å². The van der Waals surface area contributed by atoms with Gasteiger partial charge in [-0.2, -0.15) is 0 Å². The largest absolute Gasteiger partial charge is 0.487 e. The summed E-state index contributed by atoms with van der Waals surface area (Å²) >= 11 is 0. The molecule has 168 valence electrons. The number of hydrogen-bond acceptors (Lipinski definition) is 5. The molecule has 0 aliphatic rings. The van der Waals surface area contributed by atoms with E-state index in [4.69, 9.17) is 4.74 Å². The molecule has 33 heavy (non-hydrogen) atoms. The van der Waals surface area contributed by atoms with Gasteiger partial charge >= 0.3 is 0 Å². The second-order valence-electron chi connectivity index (χ2n) is 7.96. The smallest absolute Gasteiger partial charge is 0.269 e. The van der Waals surface area contributed by atoms with Crippen LogP contribution in [0.2, 0.25) is 0 Å². The standard InChI is InChI=1S/C25H24N4O4/c1-17-10-11-24-26-21(15-28(24)14-17)16-33-23-9-5-7-20(13-23)25(30)27(3)18(2)19-6-4-8-22(12-19)29(31)32/h4-15,18H,16H2,1-3H3. The van der Waals surface area contributed by atoms with Crippen LogP contribution in [0, 0.1) is 17.0 Å². The molecule has 0 radical (unpaired) electrons. The number of aryl methyl sites for hydroxylation is 1. The van der Waals surface area contributed by atoms with E-state index in [0.717, 1.165) is 16.9 Å². The van der Waals surface area contributed by atoms with Gasteiger partial charge in [0.1, 0.15) is 18.0 Å². The van der Waals surface area contributed by atoms with Crippen molar-refractivity contribution in [2.45, 2.75) is 26.5 Å². The lowest BCUT2D eigenvalue weighted by Gasteiger charge is -2.25. The number of carbonyl (C=O) groups excluding carboxylic acids is 1. The van der Waals surface area contributed by atoms with Crippen molar-refractivity contribution in [2.75, 3.05) is 7.05 Å². The van der Waals surface area contributed by atoms with Gasteiger partial charge in [-0.1, -0.05) is 24.3 Å². The molecule has 2 aromatic carbocycles. The molecular formula is C25H24N4O4. The molecule has 0 N–H and O–H groups in total. The number of hydrogen-bond donors (Lipinski definition) is 0. The fraction of sp³-hybridized carbons (Fsp3) is 0.200. The summed E-state index contributed by atoms with van der Waals surface area (Å²) in [5.74, 6) is 0.355. The summed E-state index contributed by atoms with van der Waals surface area (Å²) in [5.41, 5.74) is 3.93. The van der Waals surface area contributed by atoms with E-state index in [0.29, 0.717) is 16.9 Å². The number of pyridine rings is 1. The Morgan fingerprint density at radius 2 is 1.94 bits per heavy atom. The molecule has 0 aliphatic carbocycles. The van der Waals surface area contributed by atoms with E-state index in [9.17, 15) is 14.9 Å². The average molecular weight is 444 g/mol. The van der Waals surface area contributed by atoms with Gasteiger partial charge in [-0.25, -0.2) is 4.98 Å². The van der Waals surface area contributed by atoms with Crippen LogP contribution < -0.4 is 4.74 Å². The first kappa shape index (κ1) is 22.0. The monoisotopic (exact) mass is 444 g/mol. The maximum absolute atomic E-state index is 13.1. The van der Waals surface area contributed by atoms with Gasteiger partial charge in [0.15, 0.2) is 0 Å². The number of rotatable bonds is 7. The van der Waals surface area contributed by atoms with Crippen LogP contribution >= 0.6 is 0 Å². The van der Waals surface area contributed by atoms with Gasteiger partial charge in [0.2, 0.25) is 0 Å². The van der Waals surface area contributed by atoms with E-state index in [-0.39, 0.29) is 24.2 Å². The van der Waals surface area contributed by atoms with Gasteiger partial charge in [-0.3, -0.25) is 14.9 Å². The Labute approximate surface area is 191 Å². The van der Waals surface area contributed by atoms with Crippen LogP contribution in [0.5, 0.6) is 5.75 Å². The van der Waals surface area contributed by atoms with E-state index < -0.39 is 4.92 Å². The van der Waals surface area contributed by atoms with E-state index in [2.05, 4.69) is 4.98 Å². The van der Waals surface area contributed by atoms with Crippen LogP contribution in [0.1, 0.15) is 40.1 Å². The zero-order valence-corrected chi connectivity index (χ0v) is 18.6. The highest BCUT2D eigenvalue weighted by Crippen LogP contribution is 2.25. The van der Waals surface area contributed by atoms with E-state index in [1.54, 1.807) is 48.3 Å². The lowest BCUT2D eigenvalue weighted by Crippen LogP contribution is -2.29. The van der Waals surface area contributed by atoms with Crippen LogP contribution in [-0.4, -0.2) is 32.2 Å². The number of benzene rings is 2. The van der Waals surface area contributed by atoms with Crippen LogP contribution in [0.15, 0.2) is 73.1 Å². The third-order valence-corrected chi connectivity index (χ3v) is 5.58. The van der Waals surface area contributed by atoms with Crippen molar-refractivity contribution < 1.29 is 14.5 Å². The maximum Gasteiger partial charge on any atom is 0.269 e. The molecule has 8 nitrogen and oxygen atoms in total. The molecule has 2 heterocycles. The van der Waals surface area contributed by atoms with E-state index >= 15 is 0 Å². The number of amides is 1. The third kappa shape index (κ3) is 4.85. The van der Waals surface area contributed by atoms with Gasteiger partial charge in [0.25, 0.3) is 11.6 Å². The summed E-state index contributed by atoms with van der Waals surface area (Å²) in [6.07, 6.45) is 3.93. The first-order valence-electron chi connectivity index (χ1n) is 10.5. The van der Waals surface area contributed by atoms with Crippen LogP contribution in [0.4, 0.5) is 5.69 Å². The Morgan fingerprint density at radius 3 is 2.73 bits per heavy atom. The van der Waals surface area contributed by atoms with Gasteiger partial charge < -0.3 is 14.0 Å². The number of nitro groups is 1. The summed E-state index contributed by atoms with van der Waals surface area (Å²) in [6, 6.07) is 16.9. The molecule has 1 unspecified atom stereocenters. The highest BCUT2D eigenvalue weighted by molar-refractivity contribution is 5.94. The zero-order valence-electron chi connectivity index (χ0n) is 18.6. The third-order valence-electron chi connectivity index (χ3n) is 5.58. The predicted molar refractivity (Wildman–Crippen MR) is 124 cm³/mol. The SMILES string of the molecule is Cc1ccc2nc(COc3cccc(C(=O)N(C)C(C)c4cccc([N+](=O)[O-])c4)c3)cn2c1. The molecule has 2 aromatic heterocycles. The maximum atomic E-state index is 13.1. The summed E-state index contributed by atoms with van der Waals surface area (Å²) < 4.78 is 7.84. The van der Waals surface area contributed by atoms with Crippen molar-refractivity contribution in [1.29, 1.82) is 0 Å². The Balaban J connectivity index is 1.46. The quantitative estimate of drug-likeness (QED) is 0.297. The topological polar surface area (TPSA) is 90.0 Å². The highest BCUT2D eigenvalue weighted by Gasteiger charge is 2.21. The molecule has 4 rings (SSSR count). The van der Waals surface area contributed by atoms with Crippen LogP contribution in [-0.2, 0) is 6.61 Å². The lowest BCUT2D eigenvalue weighted by molar-refractivity contribution is -0.384. The molecule has 0 bridgehead atoms. The Kier molecular flexibility index (Phi) is 6.08. The minimum Gasteiger partial charge on any atom is -0.487 e. The molecule has 0 saturated carbocycles. The van der Waals surface area contributed by atoms with Crippen LogP contribution in [0.25, 0.3) is 5.65 Å². The van der Waals surface area contributed by atoms with Crippen molar-refractivity contribution in [3.05, 3.63) is 106 Å². The number of carbonyl (C=O) groups is 1. The number of imidazole rings is 1. The van der Waals surface area contributed by atoms with E-state index in [1.807, 2.05) is 42.8 Å². The Morgan fingerprint density at radius 1 is 1.15 bits per heavy atom. The molecular weight excluding hydrogens is 420 g/mol. The van der Waals surface area contributed by atoms with Crippen molar-refractivity contribution >= 4 is 17.2 Å². The van der Waals surface area contributed by atoms with Gasteiger partial charge in [-0.05, 0) is 49.2 Å². The number of nitro benzene ring substituents is 1. The zero-order chi connectivity index (χ0) is 23.5. The fourth-order valence-electron chi connectivity index (χ4n) is 3.60. The molecule has 8 heteroatoms. The minimum atomic E-state index is -0.441. The van der Waals surface area contributed by atoms with Crippen molar-refractivity contribution in [3.8, 4) is 5.75 Å². The second kappa shape index (κ2) is 9.12. The van der Waals surface area contributed by atoms with Crippen molar-refractivity contribution in [2.24, 2.45) is 0 Å². The normalized spacial score (nSPS) is 11.8. The highest BCUT2D eigenvalue weighted by atomic mass is 16.6. The number of nitrogens with zero attached hydrogens (tertiary/aromatic N) is 4. The minimum absolute atomic E-state index is 0.00213. The Hall–Kier alpha value is -4.20. The summed E-state index contributed by atoms with van der Waals surface area (Å²) in [7, 11) is 1.68. The van der Waals surface area contributed by atoms with E-state index in [1.165, 1.54) is 12.1 Å². The summed E-state index contributed by atoms with van der Waals surface area (Å²) in [4.78, 5) is 29.8. The summed E-state index contributed by atoms with van der Waals surface area (Å²) in [6.45, 7) is 4.13. The second-order valence-corrected chi connectivity index (χ2v) is 7.96. The molecule has 0 aliphatic heterocycles. The van der Waals surface area contributed by atoms with Gasteiger partial charge in [0.05, 0.1) is 16.7 Å². The predicted octanol–water partition coefficient (Wildman–Crippen LogP) is 4.96. The van der Waals surface area contributed by atoms with Gasteiger partial charge in [-0.15, -0.1) is 0 Å². The molecule has 0 fully saturated rings. The molecule has 1 amide bonds. The number of fused-ring (bicyclic) bond motifs is 1. The average Bonchev–Trinajstić information content (AvgIpc) is 3.23. The first-order valence-corrected chi connectivity index (χ1v) is 10.5.